The number of hydrogen-bond donors (Lipinski definition) is 0. The van der Waals surface area contributed by atoms with E-state index in [0.717, 1.165) is 10.8 Å². The number of carbonyl (C=O) groups is 1. The fourth-order valence-corrected chi connectivity index (χ4v) is 3.58. The van der Waals surface area contributed by atoms with E-state index in [2.05, 4.69) is 6.07 Å². The third kappa shape index (κ3) is 3.51. The van der Waals surface area contributed by atoms with Crippen LogP contribution in [0.4, 0.5) is 0 Å². The minimum absolute atomic E-state index is 0.0825. The van der Waals surface area contributed by atoms with Crippen molar-refractivity contribution in [2.45, 2.75) is 20.0 Å². The Kier molecular flexibility index (Phi) is 4.77. The number of halogens is 2. The molecule has 3 atom stereocenters. The number of rotatable bonds is 4. The van der Waals surface area contributed by atoms with Gasteiger partial charge in [-0.2, -0.15) is 5.26 Å². The molecular formula is C20H17Cl2NO2. The minimum atomic E-state index is -0.940. The van der Waals surface area contributed by atoms with Crippen LogP contribution in [-0.4, -0.2) is 5.97 Å². The normalized spacial score (nSPS) is 21.9. The van der Waals surface area contributed by atoms with Crippen LogP contribution >= 0.6 is 23.2 Å². The smallest absolute Gasteiger partial charge is 0.311 e. The highest BCUT2D eigenvalue weighted by Crippen LogP contribution is 2.60. The first kappa shape index (κ1) is 17.8. The fraction of sp³-hybridized carbons (Fsp3) is 0.300. The molecule has 0 amide bonds. The molecule has 0 aromatic heterocycles. The van der Waals surface area contributed by atoms with Crippen LogP contribution in [0.1, 0.15) is 25.5 Å². The van der Waals surface area contributed by atoms with Gasteiger partial charge < -0.3 is 4.74 Å². The molecule has 0 heterocycles. The van der Waals surface area contributed by atoms with E-state index in [-0.39, 0.29) is 21.7 Å². The van der Waals surface area contributed by atoms with Crippen molar-refractivity contribution in [2.24, 2.45) is 17.3 Å². The Hall–Kier alpha value is -2.02. The van der Waals surface area contributed by atoms with Crippen LogP contribution < -0.4 is 0 Å². The van der Waals surface area contributed by atoms with Crippen molar-refractivity contribution >= 4 is 39.9 Å². The first-order chi connectivity index (χ1) is 11.8. The molecule has 0 unspecified atom stereocenters. The third-order valence-electron chi connectivity index (χ3n) is 4.90. The molecule has 0 saturated heterocycles. The lowest BCUT2D eigenvalue weighted by molar-refractivity contribution is -0.149. The molecule has 1 aliphatic rings. The highest BCUT2D eigenvalue weighted by atomic mass is 35.5. The van der Waals surface area contributed by atoms with Crippen LogP contribution in [-0.2, 0) is 9.53 Å². The van der Waals surface area contributed by atoms with Crippen LogP contribution in [0.2, 0.25) is 0 Å². The quantitative estimate of drug-likeness (QED) is 0.661. The van der Waals surface area contributed by atoms with Crippen molar-refractivity contribution in [3.05, 3.63) is 58.6 Å². The average Bonchev–Trinajstić information content (AvgIpc) is 3.11. The summed E-state index contributed by atoms with van der Waals surface area (Å²) < 4.78 is 5.63. The summed E-state index contributed by atoms with van der Waals surface area (Å²) in [5.41, 5.74) is 0.380. The lowest BCUT2D eigenvalue weighted by atomic mass is 10.0. The third-order valence-corrected chi connectivity index (χ3v) is 5.15. The Bertz CT molecular complexity index is 894. The van der Waals surface area contributed by atoms with Crippen molar-refractivity contribution in [2.75, 3.05) is 0 Å². The summed E-state index contributed by atoms with van der Waals surface area (Å²) in [5, 5.41) is 11.5. The van der Waals surface area contributed by atoms with Crippen molar-refractivity contribution in [3.8, 4) is 6.07 Å². The van der Waals surface area contributed by atoms with Gasteiger partial charge in [-0.3, -0.25) is 4.79 Å². The number of allylic oxidation sites excluding steroid dienone is 1. The number of fused-ring (bicyclic) bond motifs is 1. The van der Waals surface area contributed by atoms with E-state index in [1.807, 2.05) is 56.3 Å². The second-order valence-corrected chi connectivity index (χ2v) is 7.84. The van der Waals surface area contributed by atoms with Crippen LogP contribution in [0.5, 0.6) is 0 Å². The molecule has 0 aliphatic heterocycles. The highest BCUT2D eigenvalue weighted by Gasteiger charge is 2.62. The summed E-state index contributed by atoms with van der Waals surface area (Å²) in [7, 11) is 0. The standard InChI is InChI=1S/C20H17Cl2NO2/c1-20(2)15(10-17(21)22)18(20)19(24)25-16(11-23)14-8-7-12-5-3-4-6-13(12)9-14/h3-10,15-16,18H,1-2H3/t15-,16+,18+/m0/s1. The van der Waals surface area contributed by atoms with Gasteiger partial charge in [0.15, 0.2) is 0 Å². The van der Waals surface area contributed by atoms with Crippen molar-refractivity contribution < 1.29 is 9.53 Å². The Morgan fingerprint density at radius 3 is 2.56 bits per heavy atom. The molecule has 3 nitrogen and oxygen atoms in total. The van der Waals surface area contributed by atoms with Crippen molar-refractivity contribution in [1.29, 1.82) is 5.26 Å². The SMILES string of the molecule is CC1(C)[C@@H](C=C(Cl)Cl)[C@@H]1C(=O)O[C@H](C#N)c1ccc2ccccc2c1. The number of ether oxygens (including phenoxy) is 1. The molecule has 5 heteroatoms. The molecule has 1 saturated carbocycles. The van der Waals surface area contributed by atoms with Crippen molar-refractivity contribution in [3.63, 3.8) is 0 Å². The van der Waals surface area contributed by atoms with E-state index in [4.69, 9.17) is 27.9 Å². The molecule has 1 aliphatic carbocycles. The average molecular weight is 374 g/mol. The molecule has 1 fully saturated rings. The Morgan fingerprint density at radius 2 is 1.92 bits per heavy atom. The van der Waals surface area contributed by atoms with Gasteiger partial charge in [-0.1, -0.05) is 73.4 Å². The predicted octanol–water partition coefficient (Wildman–Crippen LogP) is 5.54. The molecule has 0 spiro atoms. The lowest BCUT2D eigenvalue weighted by Gasteiger charge is -2.13. The summed E-state index contributed by atoms with van der Waals surface area (Å²) in [6.07, 6.45) is 0.719. The maximum absolute atomic E-state index is 12.5. The molecular weight excluding hydrogens is 357 g/mol. The molecule has 2 aromatic rings. The summed E-state index contributed by atoms with van der Waals surface area (Å²) >= 11 is 11.4. The molecule has 0 radical (unpaired) electrons. The Labute approximate surface area is 156 Å². The first-order valence-corrected chi connectivity index (χ1v) is 8.72. The zero-order valence-electron chi connectivity index (χ0n) is 13.9. The summed E-state index contributed by atoms with van der Waals surface area (Å²) in [6.45, 7) is 3.91. The Balaban J connectivity index is 1.79. The molecule has 128 valence electrons. The maximum Gasteiger partial charge on any atom is 0.311 e. The lowest BCUT2D eigenvalue weighted by Crippen LogP contribution is -2.14. The van der Waals surface area contributed by atoms with E-state index in [1.165, 1.54) is 0 Å². The van der Waals surface area contributed by atoms with Gasteiger partial charge in [0, 0.05) is 5.56 Å². The summed E-state index contributed by atoms with van der Waals surface area (Å²) in [4.78, 5) is 12.5. The fourth-order valence-electron chi connectivity index (χ4n) is 3.30. The van der Waals surface area contributed by atoms with Gasteiger partial charge in [0.25, 0.3) is 0 Å². The zero-order valence-corrected chi connectivity index (χ0v) is 15.4. The molecule has 3 rings (SSSR count). The van der Waals surface area contributed by atoms with Crippen LogP contribution in [0, 0.1) is 28.6 Å². The van der Waals surface area contributed by atoms with E-state index >= 15 is 0 Å². The molecule has 25 heavy (non-hydrogen) atoms. The van der Waals surface area contributed by atoms with Crippen LogP contribution in [0.25, 0.3) is 10.8 Å². The number of hydrogen-bond acceptors (Lipinski definition) is 3. The van der Waals surface area contributed by atoms with Gasteiger partial charge in [0.2, 0.25) is 6.10 Å². The summed E-state index contributed by atoms with van der Waals surface area (Å²) in [6, 6.07) is 15.5. The van der Waals surface area contributed by atoms with Gasteiger partial charge in [-0.25, -0.2) is 0 Å². The van der Waals surface area contributed by atoms with Crippen LogP contribution in [0.15, 0.2) is 53.0 Å². The number of nitrogens with zero attached hydrogens (tertiary/aromatic N) is 1. The largest absolute Gasteiger partial charge is 0.442 e. The topological polar surface area (TPSA) is 50.1 Å². The zero-order chi connectivity index (χ0) is 18.2. The molecule has 2 aromatic carbocycles. The highest BCUT2D eigenvalue weighted by molar-refractivity contribution is 6.55. The minimum Gasteiger partial charge on any atom is -0.442 e. The van der Waals surface area contributed by atoms with Crippen LogP contribution in [0.3, 0.4) is 0 Å². The number of benzene rings is 2. The molecule has 0 bridgehead atoms. The maximum atomic E-state index is 12.5. The Morgan fingerprint density at radius 1 is 1.24 bits per heavy atom. The number of nitriles is 1. The van der Waals surface area contributed by atoms with E-state index in [1.54, 1.807) is 6.08 Å². The van der Waals surface area contributed by atoms with Crippen molar-refractivity contribution in [1.82, 2.24) is 0 Å². The number of esters is 1. The van der Waals surface area contributed by atoms with Gasteiger partial charge in [0.1, 0.15) is 10.6 Å². The van der Waals surface area contributed by atoms with E-state index < -0.39 is 12.1 Å². The van der Waals surface area contributed by atoms with E-state index in [0.29, 0.717) is 5.56 Å². The van der Waals surface area contributed by atoms with Gasteiger partial charge in [-0.15, -0.1) is 0 Å². The monoisotopic (exact) mass is 373 g/mol. The van der Waals surface area contributed by atoms with E-state index in [9.17, 15) is 10.1 Å². The number of carbonyl (C=O) groups excluding carboxylic acids is 1. The van der Waals surface area contributed by atoms with Gasteiger partial charge in [-0.05, 0) is 34.2 Å². The van der Waals surface area contributed by atoms with Gasteiger partial charge >= 0.3 is 5.97 Å². The predicted molar refractivity (Wildman–Crippen MR) is 98.9 cm³/mol. The second-order valence-electron chi connectivity index (χ2n) is 6.83. The first-order valence-electron chi connectivity index (χ1n) is 7.96. The molecule has 0 N–H and O–H groups in total. The second kappa shape index (κ2) is 6.71. The summed E-state index contributed by atoms with van der Waals surface area (Å²) in [5.74, 6) is -0.835. The van der Waals surface area contributed by atoms with Gasteiger partial charge in [0.05, 0.1) is 5.92 Å².